The fourth-order valence-corrected chi connectivity index (χ4v) is 3.13. The number of amides is 1. The van der Waals surface area contributed by atoms with E-state index >= 15 is 0 Å². The maximum Gasteiger partial charge on any atom is 0.407 e. The van der Waals surface area contributed by atoms with Crippen molar-refractivity contribution in [3.63, 3.8) is 0 Å². The van der Waals surface area contributed by atoms with Crippen LogP contribution >= 0.6 is 0 Å². The molecule has 1 aromatic carbocycles. The molecule has 0 radical (unpaired) electrons. The number of halogens is 1. The number of carbonyl (C=O) groups is 1. The second-order valence-corrected chi connectivity index (χ2v) is 6.86. The van der Waals surface area contributed by atoms with E-state index < -0.39 is 11.9 Å². The van der Waals surface area contributed by atoms with E-state index in [1.165, 1.54) is 11.0 Å². The van der Waals surface area contributed by atoms with E-state index in [0.717, 1.165) is 18.4 Å². The summed E-state index contributed by atoms with van der Waals surface area (Å²) < 4.78 is 13.3. The summed E-state index contributed by atoms with van der Waals surface area (Å²) >= 11 is 0. The van der Waals surface area contributed by atoms with Gasteiger partial charge >= 0.3 is 6.09 Å². The smallest absolute Gasteiger partial charge is 0.407 e. The monoisotopic (exact) mass is 294 g/mol. The summed E-state index contributed by atoms with van der Waals surface area (Å²) in [5, 5.41) is 9.37. The molecule has 5 heteroatoms. The number of piperidine rings is 1. The normalized spacial score (nSPS) is 23.1. The van der Waals surface area contributed by atoms with Gasteiger partial charge in [0.05, 0.1) is 5.69 Å². The molecular formula is C16H23FN2O2. The van der Waals surface area contributed by atoms with E-state index in [9.17, 15) is 14.3 Å². The largest absolute Gasteiger partial charge is 0.465 e. The molecule has 3 N–H and O–H groups in total. The van der Waals surface area contributed by atoms with Crippen molar-refractivity contribution in [3.05, 3.63) is 29.6 Å². The second-order valence-electron chi connectivity index (χ2n) is 6.86. The van der Waals surface area contributed by atoms with Crippen molar-refractivity contribution in [2.75, 3.05) is 12.3 Å². The first-order valence-corrected chi connectivity index (χ1v) is 7.24. The Labute approximate surface area is 124 Å². The molecule has 1 aliphatic rings. The van der Waals surface area contributed by atoms with Gasteiger partial charge in [0, 0.05) is 12.6 Å². The average molecular weight is 294 g/mol. The van der Waals surface area contributed by atoms with Gasteiger partial charge in [-0.05, 0) is 41.9 Å². The minimum Gasteiger partial charge on any atom is -0.465 e. The van der Waals surface area contributed by atoms with Crippen LogP contribution in [0, 0.1) is 11.2 Å². The van der Waals surface area contributed by atoms with E-state index in [2.05, 4.69) is 20.8 Å². The minimum absolute atomic E-state index is 0.0555. The first-order valence-electron chi connectivity index (χ1n) is 7.24. The van der Waals surface area contributed by atoms with Crippen molar-refractivity contribution >= 4 is 11.8 Å². The summed E-state index contributed by atoms with van der Waals surface area (Å²) in [6.07, 6.45) is 0.608. The van der Waals surface area contributed by atoms with Crippen molar-refractivity contribution in [3.8, 4) is 0 Å². The van der Waals surface area contributed by atoms with Gasteiger partial charge in [0.1, 0.15) is 5.82 Å². The third-order valence-corrected chi connectivity index (χ3v) is 4.34. The standard InChI is InChI=1S/C16H23FN2O2/c1-16(2,3)14-9-11(6-7-19(14)15(20)21)10-4-5-12(17)13(18)8-10/h4-5,8,11,14H,6-7,9,18H2,1-3H3,(H,20,21). The molecule has 0 bridgehead atoms. The van der Waals surface area contributed by atoms with Gasteiger partial charge in [0.25, 0.3) is 0 Å². The molecule has 2 rings (SSSR count). The summed E-state index contributed by atoms with van der Waals surface area (Å²) in [5.74, 6) is -0.193. The second kappa shape index (κ2) is 5.54. The highest BCUT2D eigenvalue weighted by Gasteiger charge is 2.39. The number of benzene rings is 1. The zero-order chi connectivity index (χ0) is 15.8. The van der Waals surface area contributed by atoms with Crippen molar-refractivity contribution in [1.82, 2.24) is 4.90 Å². The Morgan fingerprint density at radius 1 is 1.43 bits per heavy atom. The molecule has 0 saturated carbocycles. The maximum absolute atomic E-state index is 13.3. The molecule has 21 heavy (non-hydrogen) atoms. The highest BCUT2D eigenvalue weighted by Crippen LogP contribution is 2.39. The zero-order valence-electron chi connectivity index (χ0n) is 12.8. The van der Waals surface area contributed by atoms with Crippen LogP contribution in [0.25, 0.3) is 0 Å². The molecule has 2 unspecified atom stereocenters. The molecule has 2 atom stereocenters. The zero-order valence-corrected chi connectivity index (χ0v) is 12.8. The van der Waals surface area contributed by atoms with E-state index in [1.807, 2.05) is 0 Å². The van der Waals surface area contributed by atoms with Gasteiger partial charge in [-0.1, -0.05) is 26.8 Å². The Morgan fingerprint density at radius 2 is 2.10 bits per heavy atom. The topological polar surface area (TPSA) is 66.6 Å². The first kappa shape index (κ1) is 15.6. The van der Waals surface area contributed by atoms with E-state index in [-0.39, 0.29) is 23.1 Å². The van der Waals surface area contributed by atoms with Crippen molar-refractivity contribution < 1.29 is 14.3 Å². The van der Waals surface area contributed by atoms with E-state index in [0.29, 0.717) is 6.54 Å². The van der Waals surface area contributed by atoms with Crippen LogP contribution in [0.5, 0.6) is 0 Å². The number of rotatable bonds is 1. The first-order chi connectivity index (χ1) is 9.70. The Bertz CT molecular complexity index is 540. The fourth-order valence-electron chi connectivity index (χ4n) is 3.13. The molecule has 1 heterocycles. The molecule has 1 saturated heterocycles. The lowest BCUT2D eigenvalue weighted by atomic mass is 9.75. The molecule has 1 fully saturated rings. The van der Waals surface area contributed by atoms with Gasteiger partial charge in [-0.3, -0.25) is 0 Å². The third-order valence-electron chi connectivity index (χ3n) is 4.34. The highest BCUT2D eigenvalue weighted by atomic mass is 19.1. The average Bonchev–Trinajstić information content (AvgIpc) is 2.40. The molecule has 1 aromatic rings. The molecule has 4 nitrogen and oxygen atoms in total. The number of nitrogens with two attached hydrogens (primary N) is 1. The highest BCUT2D eigenvalue weighted by molar-refractivity contribution is 5.65. The maximum atomic E-state index is 13.3. The van der Waals surface area contributed by atoms with Gasteiger partial charge < -0.3 is 15.7 Å². The number of nitrogen functional groups attached to an aromatic ring is 1. The van der Waals surface area contributed by atoms with Gasteiger partial charge in [0.2, 0.25) is 0 Å². The Kier molecular flexibility index (Phi) is 4.12. The van der Waals surface area contributed by atoms with Crippen molar-refractivity contribution in [2.45, 2.75) is 45.6 Å². The molecule has 1 aliphatic heterocycles. The van der Waals surface area contributed by atoms with Crippen LogP contribution in [0.3, 0.4) is 0 Å². The van der Waals surface area contributed by atoms with Crippen molar-refractivity contribution in [2.24, 2.45) is 5.41 Å². The third kappa shape index (κ3) is 3.28. The van der Waals surface area contributed by atoms with Gasteiger partial charge in [-0.2, -0.15) is 0 Å². The summed E-state index contributed by atoms with van der Waals surface area (Å²) in [7, 11) is 0. The molecule has 1 amide bonds. The van der Waals surface area contributed by atoms with Crippen LogP contribution in [0.1, 0.15) is 45.1 Å². The van der Waals surface area contributed by atoms with Gasteiger partial charge in [-0.15, -0.1) is 0 Å². The number of nitrogens with zero attached hydrogens (tertiary/aromatic N) is 1. The fraction of sp³-hybridized carbons (Fsp3) is 0.562. The number of anilines is 1. The number of hydrogen-bond donors (Lipinski definition) is 2. The molecular weight excluding hydrogens is 271 g/mol. The number of carboxylic acid groups (broad SMARTS) is 1. The molecule has 0 aliphatic carbocycles. The minimum atomic E-state index is -0.869. The van der Waals surface area contributed by atoms with E-state index in [4.69, 9.17) is 5.73 Å². The SMILES string of the molecule is CC(C)(C)C1CC(c2ccc(F)c(N)c2)CCN1C(=O)O. The molecule has 116 valence electrons. The van der Waals surface area contributed by atoms with Crippen LogP contribution in [0.2, 0.25) is 0 Å². The molecule has 0 aromatic heterocycles. The van der Waals surface area contributed by atoms with Crippen LogP contribution in [-0.2, 0) is 0 Å². The number of hydrogen-bond acceptors (Lipinski definition) is 2. The number of likely N-dealkylation sites (tertiary alicyclic amines) is 1. The summed E-state index contributed by atoms with van der Waals surface area (Å²) in [6, 6.07) is 4.77. The molecule has 0 spiro atoms. The van der Waals surface area contributed by atoms with Gasteiger partial charge in [-0.25, -0.2) is 9.18 Å². The lowest BCUT2D eigenvalue weighted by Gasteiger charge is -2.44. The van der Waals surface area contributed by atoms with Gasteiger partial charge in [0.15, 0.2) is 0 Å². The predicted molar refractivity (Wildman–Crippen MR) is 80.8 cm³/mol. The predicted octanol–water partition coefficient (Wildman–Crippen LogP) is 3.68. The Balaban J connectivity index is 2.25. The summed E-state index contributed by atoms with van der Waals surface area (Å²) in [5.41, 5.74) is 6.65. The lowest BCUT2D eigenvalue weighted by Crippen LogP contribution is -2.51. The van der Waals surface area contributed by atoms with Crippen LogP contribution in [-0.4, -0.2) is 28.7 Å². The Morgan fingerprint density at radius 3 is 2.62 bits per heavy atom. The Hall–Kier alpha value is -1.78. The summed E-state index contributed by atoms with van der Waals surface area (Å²) in [4.78, 5) is 12.9. The summed E-state index contributed by atoms with van der Waals surface area (Å²) in [6.45, 7) is 6.65. The lowest BCUT2D eigenvalue weighted by molar-refractivity contribution is 0.0526. The van der Waals surface area contributed by atoms with Crippen LogP contribution < -0.4 is 5.73 Å². The van der Waals surface area contributed by atoms with Crippen molar-refractivity contribution in [1.29, 1.82) is 0 Å². The van der Waals surface area contributed by atoms with Crippen LogP contribution in [0.15, 0.2) is 18.2 Å². The van der Waals surface area contributed by atoms with Crippen LogP contribution in [0.4, 0.5) is 14.9 Å². The quantitative estimate of drug-likeness (QED) is 0.776. The van der Waals surface area contributed by atoms with E-state index in [1.54, 1.807) is 12.1 Å².